The molecule has 0 amide bonds. The van der Waals surface area contributed by atoms with Gasteiger partial charge in [-0.3, -0.25) is 4.99 Å². The maximum Gasteiger partial charge on any atom is 0.335 e. The molecule has 0 unspecified atom stereocenters. The van der Waals surface area contributed by atoms with Crippen LogP contribution in [0.3, 0.4) is 0 Å². The summed E-state index contributed by atoms with van der Waals surface area (Å²) in [6, 6.07) is 18.3. The molecule has 0 saturated carbocycles. The van der Waals surface area contributed by atoms with E-state index in [0.717, 1.165) is 22.8 Å². The van der Waals surface area contributed by atoms with Crippen LogP contribution in [-0.4, -0.2) is 29.0 Å². The van der Waals surface area contributed by atoms with E-state index in [1.165, 1.54) is 0 Å². The van der Waals surface area contributed by atoms with Crippen molar-refractivity contribution in [1.82, 2.24) is 4.57 Å². The number of ether oxygens (including phenoxy) is 1. The highest BCUT2D eigenvalue weighted by Gasteiger charge is 2.06. The third-order valence-corrected chi connectivity index (χ3v) is 3.90. The van der Waals surface area contributed by atoms with Gasteiger partial charge in [0.1, 0.15) is 5.75 Å². The number of carboxylic acid groups (broad SMARTS) is 1. The average molecular weight is 334 g/mol. The van der Waals surface area contributed by atoms with Gasteiger partial charge in [-0.25, -0.2) is 4.79 Å². The molecule has 1 aromatic heterocycles. The van der Waals surface area contributed by atoms with E-state index in [4.69, 9.17) is 9.84 Å². The fourth-order valence-corrected chi connectivity index (χ4v) is 2.57. The molecule has 3 aromatic rings. The molecule has 1 heterocycles. The van der Waals surface area contributed by atoms with E-state index in [-0.39, 0.29) is 5.56 Å². The Hall–Kier alpha value is -3.34. The molecule has 5 nitrogen and oxygen atoms in total. The van der Waals surface area contributed by atoms with Gasteiger partial charge in [0.25, 0.3) is 0 Å². The van der Waals surface area contributed by atoms with E-state index < -0.39 is 5.97 Å². The van der Waals surface area contributed by atoms with E-state index in [1.807, 2.05) is 43.3 Å². The lowest BCUT2D eigenvalue weighted by molar-refractivity contribution is 0.0697. The molecule has 0 bridgehead atoms. The molecule has 25 heavy (non-hydrogen) atoms. The summed E-state index contributed by atoms with van der Waals surface area (Å²) in [4.78, 5) is 15.3. The number of nitrogens with zero attached hydrogens (tertiary/aromatic N) is 2. The number of aryl methyl sites for hydroxylation is 1. The summed E-state index contributed by atoms with van der Waals surface area (Å²) in [5, 5.41) is 8.94. The number of benzene rings is 2. The first-order valence-corrected chi connectivity index (χ1v) is 7.78. The van der Waals surface area contributed by atoms with Crippen LogP contribution in [0, 0.1) is 6.92 Å². The van der Waals surface area contributed by atoms with Crippen LogP contribution in [-0.2, 0) is 0 Å². The van der Waals surface area contributed by atoms with Gasteiger partial charge < -0.3 is 14.4 Å². The lowest BCUT2D eigenvalue weighted by Crippen LogP contribution is -2.01. The molecular weight excluding hydrogens is 316 g/mol. The van der Waals surface area contributed by atoms with Crippen LogP contribution in [0.1, 0.15) is 21.7 Å². The highest BCUT2D eigenvalue weighted by Crippen LogP contribution is 2.20. The zero-order valence-corrected chi connectivity index (χ0v) is 14.0. The van der Waals surface area contributed by atoms with Crippen molar-refractivity contribution in [3.05, 3.63) is 77.6 Å². The van der Waals surface area contributed by atoms with Gasteiger partial charge in [0.15, 0.2) is 0 Å². The first kappa shape index (κ1) is 16.5. The topological polar surface area (TPSA) is 63.8 Å². The molecule has 5 heteroatoms. The molecule has 0 aliphatic carbocycles. The van der Waals surface area contributed by atoms with E-state index in [2.05, 4.69) is 9.56 Å². The molecule has 0 atom stereocenters. The first-order chi connectivity index (χ1) is 12.1. The van der Waals surface area contributed by atoms with Gasteiger partial charge >= 0.3 is 5.97 Å². The van der Waals surface area contributed by atoms with Crippen molar-refractivity contribution in [2.24, 2.45) is 4.99 Å². The SMILES string of the molecule is COc1ccc(-n2c(C)ccc2C=Nc2ccc(C(=O)O)cc2)cc1. The Balaban J connectivity index is 1.89. The fourth-order valence-electron chi connectivity index (χ4n) is 2.57. The molecule has 2 aromatic carbocycles. The van der Waals surface area contributed by atoms with Crippen LogP contribution < -0.4 is 4.74 Å². The molecule has 0 fully saturated rings. The maximum atomic E-state index is 10.9. The predicted octanol–water partition coefficient (Wildman–Crippen LogP) is 4.24. The van der Waals surface area contributed by atoms with Crippen molar-refractivity contribution in [3.8, 4) is 11.4 Å². The largest absolute Gasteiger partial charge is 0.497 e. The Morgan fingerprint density at radius 1 is 1.04 bits per heavy atom. The second-order valence-electron chi connectivity index (χ2n) is 5.54. The highest BCUT2D eigenvalue weighted by atomic mass is 16.5. The smallest absolute Gasteiger partial charge is 0.335 e. The van der Waals surface area contributed by atoms with Gasteiger partial charge in [-0.2, -0.15) is 0 Å². The molecule has 0 saturated heterocycles. The third-order valence-electron chi connectivity index (χ3n) is 3.90. The number of methoxy groups -OCH3 is 1. The minimum absolute atomic E-state index is 0.247. The molecule has 0 radical (unpaired) electrons. The van der Waals surface area contributed by atoms with Gasteiger partial charge in [-0.1, -0.05) is 0 Å². The van der Waals surface area contributed by atoms with Crippen LogP contribution >= 0.6 is 0 Å². The zero-order valence-electron chi connectivity index (χ0n) is 14.0. The molecule has 0 aliphatic heterocycles. The number of carboxylic acids is 1. The second kappa shape index (κ2) is 7.05. The standard InChI is InChI=1S/C20H18N2O3/c1-14-3-8-18(22(14)17-9-11-19(25-2)12-10-17)13-21-16-6-4-15(5-7-16)20(23)24/h3-13H,1-2H3,(H,23,24). The Morgan fingerprint density at radius 3 is 2.32 bits per heavy atom. The average Bonchev–Trinajstić information content (AvgIpc) is 3.01. The number of aliphatic imine (C=N–C) groups is 1. The zero-order chi connectivity index (χ0) is 17.8. The van der Waals surface area contributed by atoms with Crippen LogP contribution in [0.5, 0.6) is 5.75 Å². The Bertz CT molecular complexity index is 907. The van der Waals surface area contributed by atoms with Crippen molar-refractivity contribution in [2.45, 2.75) is 6.92 Å². The number of aromatic nitrogens is 1. The number of hydrogen-bond acceptors (Lipinski definition) is 3. The second-order valence-corrected chi connectivity index (χ2v) is 5.54. The lowest BCUT2D eigenvalue weighted by atomic mass is 10.2. The summed E-state index contributed by atoms with van der Waals surface area (Å²) in [7, 11) is 1.64. The Kier molecular flexibility index (Phi) is 4.66. The maximum absolute atomic E-state index is 10.9. The number of carbonyl (C=O) groups is 1. The van der Waals surface area contributed by atoms with Crippen LogP contribution in [0.2, 0.25) is 0 Å². The molecule has 0 spiro atoms. The van der Waals surface area contributed by atoms with E-state index in [0.29, 0.717) is 5.69 Å². The van der Waals surface area contributed by atoms with Gasteiger partial charge in [0.2, 0.25) is 0 Å². The molecular formula is C20H18N2O3. The van der Waals surface area contributed by atoms with Crippen molar-refractivity contribution >= 4 is 17.9 Å². The number of rotatable bonds is 5. The van der Waals surface area contributed by atoms with Gasteiger partial charge in [0, 0.05) is 11.4 Å². The molecule has 0 aliphatic rings. The van der Waals surface area contributed by atoms with E-state index in [9.17, 15) is 4.79 Å². The predicted molar refractivity (Wildman–Crippen MR) is 97.7 cm³/mol. The third kappa shape index (κ3) is 3.61. The van der Waals surface area contributed by atoms with Crippen LogP contribution in [0.15, 0.2) is 65.7 Å². The van der Waals surface area contributed by atoms with Crippen molar-refractivity contribution in [1.29, 1.82) is 0 Å². The normalized spacial score (nSPS) is 11.0. The number of aromatic carboxylic acids is 1. The summed E-state index contributed by atoms with van der Waals surface area (Å²) in [6.07, 6.45) is 1.77. The van der Waals surface area contributed by atoms with Crippen molar-refractivity contribution in [2.75, 3.05) is 7.11 Å². The lowest BCUT2D eigenvalue weighted by Gasteiger charge is -2.10. The van der Waals surface area contributed by atoms with Gasteiger partial charge in [-0.15, -0.1) is 0 Å². The van der Waals surface area contributed by atoms with E-state index >= 15 is 0 Å². The van der Waals surface area contributed by atoms with Crippen LogP contribution in [0.25, 0.3) is 5.69 Å². The van der Waals surface area contributed by atoms with Crippen molar-refractivity contribution in [3.63, 3.8) is 0 Å². The Labute approximate surface area is 145 Å². The summed E-state index contributed by atoms with van der Waals surface area (Å²) < 4.78 is 7.29. The molecule has 1 N–H and O–H groups in total. The van der Waals surface area contributed by atoms with Gasteiger partial charge in [-0.05, 0) is 67.6 Å². The minimum atomic E-state index is -0.945. The summed E-state index contributed by atoms with van der Waals surface area (Å²) in [5.74, 6) is -0.137. The monoisotopic (exact) mass is 334 g/mol. The van der Waals surface area contributed by atoms with Crippen molar-refractivity contribution < 1.29 is 14.6 Å². The number of hydrogen-bond donors (Lipinski definition) is 1. The highest BCUT2D eigenvalue weighted by molar-refractivity contribution is 5.88. The summed E-state index contributed by atoms with van der Waals surface area (Å²) in [5.41, 5.74) is 3.99. The van der Waals surface area contributed by atoms with E-state index in [1.54, 1.807) is 37.6 Å². The van der Waals surface area contributed by atoms with Crippen LogP contribution in [0.4, 0.5) is 5.69 Å². The van der Waals surface area contributed by atoms with Gasteiger partial charge in [0.05, 0.1) is 30.3 Å². The first-order valence-electron chi connectivity index (χ1n) is 7.78. The molecule has 3 rings (SSSR count). The quantitative estimate of drug-likeness (QED) is 0.710. The molecule has 126 valence electrons. The summed E-state index contributed by atoms with van der Waals surface area (Å²) >= 11 is 0. The Morgan fingerprint density at radius 2 is 1.72 bits per heavy atom. The minimum Gasteiger partial charge on any atom is -0.497 e. The summed E-state index contributed by atoms with van der Waals surface area (Å²) in [6.45, 7) is 2.03. The fraction of sp³-hybridized carbons (Fsp3) is 0.100.